The van der Waals surface area contributed by atoms with Crippen molar-refractivity contribution in [1.82, 2.24) is 9.47 Å². The van der Waals surface area contributed by atoms with E-state index >= 15 is 0 Å². The summed E-state index contributed by atoms with van der Waals surface area (Å²) in [5.74, 6) is 1.83. The van der Waals surface area contributed by atoms with Crippen molar-refractivity contribution in [3.63, 3.8) is 0 Å². The Balaban J connectivity index is 1.78. The molecule has 6 nitrogen and oxygen atoms in total. The van der Waals surface area contributed by atoms with Crippen LogP contribution in [0.3, 0.4) is 0 Å². The Bertz CT molecular complexity index is 1130. The smallest absolute Gasteiger partial charge is 0.203 e. The number of anilines is 1. The Labute approximate surface area is 201 Å². The molecule has 1 aliphatic heterocycles. The summed E-state index contributed by atoms with van der Waals surface area (Å²) < 4.78 is 19.1. The molecule has 0 unspecified atom stereocenters. The lowest BCUT2D eigenvalue weighted by Crippen LogP contribution is -2.44. The molecule has 4 rings (SSSR count). The number of methoxy groups -OCH3 is 3. The lowest BCUT2D eigenvalue weighted by molar-refractivity contribution is 0.288. The molecule has 1 atom stereocenters. The molecule has 0 bridgehead atoms. The summed E-state index contributed by atoms with van der Waals surface area (Å²) in [7, 11) is 4.89. The highest BCUT2D eigenvalue weighted by atomic mass is 32.1. The average Bonchev–Trinajstić information content (AvgIpc) is 3.32. The number of ether oxygens (including phenoxy) is 3. The number of para-hydroxylation sites is 1. The van der Waals surface area contributed by atoms with Gasteiger partial charge in [0.25, 0.3) is 0 Å². The molecule has 2 heterocycles. The van der Waals surface area contributed by atoms with E-state index < -0.39 is 0 Å². The second-order valence-corrected chi connectivity index (χ2v) is 8.46. The van der Waals surface area contributed by atoms with Crippen molar-refractivity contribution in [2.45, 2.75) is 32.9 Å². The maximum absolute atomic E-state index is 5.99. The van der Waals surface area contributed by atoms with Crippen LogP contribution in [-0.4, -0.2) is 42.5 Å². The van der Waals surface area contributed by atoms with Gasteiger partial charge in [-0.15, -0.1) is 0 Å². The van der Waals surface area contributed by atoms with Gasteiger partial charge in [-0.25, -0.2) is 0 Å². The number of fused-ring (bicyclic) bond motifs is 1. The first-order valence-electron chi connectivity index (χ1n) is 11.1. The number of rotatable bonds is 6. The fraction of sp³-hybridized carbons (Fsp3) is 0.346. The topological polar surface area (TPSA) is 47.9 Å². The van der Waals surface area contributed by atoms with E-state index in [9.17, 15) is 0 Å². The molecule has 2 aromatic carbocycles. The molecular formula is C26H31N3O3S. The van der Waals surface area contributed by atoms with Crippen LogP contribution in [0.1, 0.15) is 35.3 Å². The summed E-state index contributed by atoms with van der Waals surface area (Å²) in [6, 6.07) is 14.5. The van der Waals surface area contributed by atoms with E-state index in [1.165, 1.54) is 16.8 Å². The first-order chi connectivity index (χ1) is 16.0. The van der Waals surface area contributed by atoms with Crippen LogP contribution in [-0.2, 0) is 13.0 Å². The third kappa shape index (κ3) is 4.25. The number of hydrogen-bond donors (Lipinski definition) is 1. The van der Waals surface area contributed by atoms with Gasteiger partial charge in [-0.1, -0.05) is 25.1 Å². The fourth-order valence-electron chi connectivity index (χ4n) is 4.59. The van der Waals surface area contributed by atoms with Gasteiger partial charge in [0, 0.05) is 30.7 Å². The number of aryl methyl sites for hydroxylation is 2. The van der Waals surface area contributed by atoms with Crippen LogP contribution in [0.15, 0.2) is 48.7 Å². The van der Waals surface area contributed by atoms with Crippen LogP contribution in [0.5, 0.6) is 17.2 Å². The second-order valence-electron chi connectivity index (χ2n) is 8.07. The molecule has 0 saturated carbocycles. The number of benzene rings is 2. The molecule has 174 valence electrons. The number of hydrogen-bond acceptors (Lipinski definition) is 4. The van der Waals surface area contributed by atoms with Crippen molar-refractivity contribution in [3.8, 4) is 17.2 Å². The maximum Gasteiger partial charge on any atom is 0.203 e. The van der Waals surface area contributed by atoms with Crippen LogP contribution in [0.4, 0.5) is 5.69 Å². The van der Waals surface area contributed by atoms with E-state index in [0.29, 0.717) is 22.4 Å². The van der Waals surface area contributed by atoms with Gasteiger partial charge in [0.2, 0.25) is 5.75 Å². The summed E-state index contributed by atoms with van der Waals surface area (Å²) in [4.78, 5) is 2.25. The number of thiocarbonyl (C=S) groups is 1. The maximum atomic E-state index is 5.99. The Kier molecular flexibility index (Phi) is 6.79. The van der Waals surface area contributed by atoms with Crippen molar-refractivity contribution >= 4 is 23.0 Å². The van der Waals surface area contributed by atoms with E-state index in [1.807, 2.05) is 12.1 Å². The highest BCUT2D eigenvalue weighted by molar-refractivity contribution is 7.80. The zero-order valence-electron chi connectivity index (χ0n) is 19.8. The Morgan fingerprint density at radius 3 is 2.39 bits per heavy atom. The van der Waals surface area contributed by atoms with Gasteiger partial charge in [0.1, 0.15) is 0 Å². The van der Waals surface area contributed by atoms with Crippen molar-refractivity contribution in [2.75, 3.05) is 33.2 Å². The standard InChI is InChI=1S/C26H31N3O3S/c1-6-18-10-7-9-17(2)23(18)27-26(33)29-14-13-28-12-8-11-20(28)24(29)19-15-21(30-3)25(32-5)22(16-19)31-4/h7-12,15-16,24H,6,13-14H2,1-5H3,(H,27,33)/t24-/m0/s1. The molecule has 3 aromatic rings. The van der Waals surface area contributed by atoms with Gasteiger partial charge in [0.15, 0.2) is 16.6 Å². The summed E-state index contributed by atoms with van der Waals surface area (Å²) in [5, 5.41) is 4.26. The number of aromatic nitrogens is 1. The Morgan fingerprint density at radius 2 is 1.76 bits per heavy atom. The highest BCUT2D eigenvalue weighted by Gasteiger charge is 2.32. The highest BCUT2D eigenvalue weighted by Crippen LogP contribution is 2.43. The van der Waals surface area contributed by atoms with Gasteiger partial charge < -0.3 is 29.0 Å². The van der Waals surface area contributed by atoms with Gasteiger partial charge in [-0.2, -0.15) is 0 Å². The van der Waals surface area contributed by atoms with Crippen LogP contribution in [0, 0.1) is 6.92 Å². The summed E-state index contributed by atoms with van der Waals surface area (Å²) in [6.45, 7) is 5.92. The fourth-order valence-corrected chi connectivity index (χ4v) is 4.89. The number of nitrogens with one attached hydrogen (secondary N) is 1. The lowest BCUT2D eigenvalue weighted by atomic mass is 9.99. The number of nitrogens with zero attached hydrogens (tertiary/aromatic N) is 2. The van der Waals surface area contributed by atoms with E-state index in [-0.39, 0.29) is 6.04 Å². The van der Waals surface area contributed by atoms with Gasteiger partial charge >= 0.3 is 0 Å². The molecule has 0 fully saturated rings. The van der Waals surface area contributed by atoms with Crippen molar-refractivity contribution < 1.29 is 14.2 Å². The normalized spacial score (nSPS) is 15.1. The predicted molar refractivity (Wildman–Crippen MR) is 136 cm³/mol. The minimum atomic E-state index is -0.100. The van der Waals surface area contributed by atoms with Gasteiger partial charge in [0.05, 0.1) is 27.4 Å². The molecule has 0 saturated heterocycles. The lowest BCUT2D eigenvalue weighted by Gasteiger charge is -2.39. The predicted octanol–water partition coefficient (Wildman–Crippen LogP) is 5.19. The quantitative estimate of drug-likeness (QED) is 0.506. The minimum absolute atomic E-state index is 0.100. The molecular weight excluding hydrogens is 434 g/mol. The van der Waals surface area contributed by atoms with E-state index in [0.717, 1.165) is 30.8 Å². The third-order valence-electron chi connectivity index (χ3n) is 6.27. The van der Waals surface area contributed by atoms with Crippen molar-refractivity contribution in [3.05, 3.63) is 71.0 Å². The Hall–Kier alpha value is -3.19. The molecule has 1 aliphatic rings. The van der Waals surface area contributed by atoms with Crippen LogP contribution >= 0.6 is 12.2 Å². The van der Waals surface area contributed by atoms with Crippen LogP contribution in [0.25, 0.3) is 0 Å². The molecule has 1 N–H and O–H groups in total. The second kappa shape index (κ2) is 9.75. The van der Waals surface area contributed by atoms with E-state index in [2.05, 4.69) is 65.2 Å². The van der Waals surface area contributed by atoms with Crippen molar-refractivity contribution in [1.29, 1.82) is 0 Å². The van der Waals surface area contributed by atoms with Crippen LogP contribution < -0.4 is 19.5 Å². The molecule has 0 amide bonds. The molecule has 0 aliphatic carbocycles. The zero-order valence-corrected chi connectivity index (χ0v) is 20.7. The summed E-state index contributed by atoms with van der Waals surface area (Å²) >= 11 is 5.99. The van der Waals surface area contributed by atoms with Crippen LogP contribution in [0.2, 0.25) is 0 Å². The SMILES string of the molecule is CCc1cccc(C)c1NC(=S)N1CCn2cccc2[C@@H]1c1cc(OC)c(OC)c(OC)c1. The first kappa shape index (κ1) is 23.0. The largest absolute Gasteiger partial charge is 0.493 e. The molecule has 33 heavy (non-hydrogen) atoms. The molecule has 0 spiro atoms. The van der Waals surface area contributed by atoms with E-state index in [1.54, 1.807) is 21.3 Å². The molecule has 0 radical (unpaired) electrons. The molecule has 7 heteroatoms. The summed E-state index contributed by atoms with van der Waals surface area (Å²) in [5.41, 5.74) is 5.71. The minimum Gasteiger partial charge on any atom is -0.493 e. The molecule has 1 aromatic heterocycles. The Morgan fingerprint density at radius 1 is 1.03 bits per heavy atom. The summed E-state index contributed by atoms with van der Waals surface area (Å²) in [6.07, 6.45) is 3.05. The monoisotopic (exact) mass is 465 g/mol. The first-order valence-corrected chi connectivity index (χ1v) is 11.5. The van der Waals surface area contributed by atoms with Gasteiger partial charge in [-0.3, -0.25) is 0 Å². The zero-order chi connectivity index (χ0) is 23.5. The third-order valence-corrected chi connectivity index (χ3v) is 6.61. The van der Waals surface area contributed by atoms with Crippen molar-refractivity contribution in [2.24, 2.45) is 0 Å². The average molecular weight is 466 g/mol. The van der Waals surface area contributed by atoms with Gasteiger partial charge in [-0.05, 0) is 66.5 Å². The van der Waals surface area contributed by atoms with E-state index in [4.69, 9.17) is 26.4 Å².